The summed E-state index contributed by atoms with van der Waals surface area (Å²) in [7, 11) is -2.23. The first-order valence-electron chi connectivity index (χ1n) is 12.0. The van der Waals surface area contributed by atoms with Crippen LogP contribution in [-0.4, -0.2) is 38.8 Å². The van der Waals surface area contributed by atoms with Crippen LogP contribution in [0.5, 0.6) is 0 Å². The van der Waals surface area contributed by atoms with Crippen LogP contribution in [0.25, 0.3) is 0 Å². The van der Waals surface area contributed by atoms with Gasteiger partial charge in [0.2, 0.25) is 21.9 Å². The second-order valence-corrected chi connectivity index (χ2v) is 11.3. The van der Waals surface area contributed by atoms with Gasteiger partial charge in [-0.15, -0.1) is 0 Å². The van der Waals surface area contributed by atoms with Crippen LogP contribution in [0.1, 0.15) is 16.7 Å². The number of rotatable bonds is 9. The van der Waals surface area contributed by atoms with Crippen LogP contribution < -0.4 is 16.2 Å². The van der Waals surface area contributed by atoms with E-state index in [0.717, 1.165) is 16.7 Å². The zero-order valence-electron chi connectivity index (χ0n) is 21.3. The van der Waals surface area contributed by atoms with Crippen LogP contribution in [0, 0.1) is 0 Å². The number of carbonyl (C=O) groups excluding carboxylic acids is 1. The monoisotopic (exact) mass is 559 g/mol. The van der Waals surface area contributed by atoms with Gasteiger partial charge in [0.15, 0.2) is 0 Å². The molecule has 0 bridgehead atoms. The number of nitrogens with one attached hydrogen (secondary N) is 1. The summed E-state index contributed by atoms with van der Waals surface area (Å²) in [5.74, 6) is -0.242. The molecule has 4 aromatic rings. The number of sulfonamides is 1. The second-order valence-electron chi connectivity index (χ2n) is 8.80. The maximum absolute atomic E-state index is 12.7. The van der Waals surface area contributed by atoms with Gasteiger partial charge in [-0.05, 0) is 46.8 Å². The normalized spacial score (nSPS) is 12.1. The Morgan fingerprint density at radius 3 is 1.79 bits per heavy atom. The minimum Gasteiger partial charge on any atom is -0.369 e. The lowest BCUT2D eigenvalue weighted by molar-refractivity contribution is -0.116. The molecule has 1 amide bonds. The molecule has 0 spiro atoms. The number of hydrogen-bond donors (Lipinski definition) is 3. The van der Waals surface area contributed by atoms with Crippen molar-refractivity contribution in [2.24, 2.45) is 15.3 Å². The van der Waals surface area contributed by atoms with E-state index >= 15 is 0 Å². The molecule has 0 atom stereocenters. The van der Waals surface area contributed by atoms with Crippen LogP contribution in [-0.2, 0) is 19.6 Å². The number of likely N-dealkylation sites (N-methyl/N-ethyl adjacent to an activating group) is 1. The predicted octanol–water partition coefficient (Wildman–Crippen LogP) is 4.16. The molecular weight excluding hydrogens is 530 g/mol. The lowest BCUT2D eigenvalue weighted by Crippen LogP contribution is -2.39. The molecule has 4 rings (SSSR count). The molecule has 0 aliphatic carbocycles. The molecule has 0 saturated carbocycles. The van der Waals surface area contributed by atoms with Crippen LogP contribution in [0.4, 0.5) is 5.69 Å². The van der Waals surface area contributed by atoms with E-state index in [1.165, 1.54) is 35.0 Å². The molecule has 8 nitrogen and oxygen atoms in total. The number of benzene rings is 4. The van der Waals surface area contributed by atoms with Gasteiger partial charge in [-0.1, -0.05) is 97.1 Å². The number of nitrogens with two attached hydrogens (primary N) is 2. The van der Waals surface area contributed by atoms with Gasteiger partial charge in [0.05, 0.1) is 11.4 Å². The number of amides is 1. The van der Waals surface area contributed by atoms with E-state index < -0.39 is 20.7 Å². The average molecular weight is 560 g/mol. The number of primary sulfonamides is 1. The fourth-order valence-electron chi connectivity index (χ4n) is 4.11. The van der Waals surface area contributed by atoms with Gasteiger partial charge in [-0.25, -0.2) is 13.6 Å². The molecule has 0 aromatic heterocycles. The molecule has 0 aliphatic rings. The van der Waals surface area contributed by atoms with Crippen molar-refractivity contribution in [1.82, 2.24) is 4.90 Å². The summed E-state index contributed by atoms with van der Waals surface area (Å²) in [6.45, 7) is -0.107. The Balaban J connectivity index is 1.60. The van der Waals surface area contributed by atoms with Crippen molar-refractivity contribution in [3.8, 4) is 0 Å². The molecule has 39 heavy (non-hydrogen) atoms. The zero-order chi connectivity index (χ0) is 27.9. The van der Waals surface area contributed by atoms with Gasteiger partial charge < -0.3 is 16.0 Å². The minimum absolute atomic E-state index is 0.0924. The van der Waals surface area contributed by atoms with Crippen LogP contribution in [0.3, 0.4) is 0 Å². The highest BCUT2D eigenvalue weighted by Gasteiger charge is 2.38. The van der Waals surface area contributed by atoms with Gasteiger partial charge in [0.25, 0.3) is 0 Å². The summed E-state index contributed by atoms with van der Waals surface area (Å²) in [6.07, 6.45) is 0. The van der Waals surface area contributed by atoms with Crippen molar-refractivity contribution in [2.45, 2.75) is 9.64 Å². The first-order valence-corrected chi connectivity index (χ1v) is 14.3. The predicted molar refractivity (Wildman–Crippen MR) is 157 cm³/mol. The Morgan fingerprint density at radius 2 is 1.33 bits per heavy atom. The molecule has 200 valence electrons. The SMILES string of the molecule is CN(CC(=O)Nc1cccc(S(N)(=O)=O)c1)/C(N)=N/SC(c1ccccc1)(c1ccccc1)c1ccccc1. The highest BCUT2D eigenvalue weighted by Crippen LogP contribution is 2.48. The Morgan fingerprint density at radius 1 is 0.846 bits per heavy atom. The topological polar surface area (TPSA) is 131 Å². The standard InChI is InChI=1S/C29H29N5O3S2/c1-34(21-27(35)32-25-18-11-19-26(20-25)39(31,36)37)28(30)33-38-29(22-12-5-2-6-13-22,23-14-7-3-8-15-23)24-16-9-4-10-17-24/h2-20H,21H2,1H3,(H2,30,33)(H,32,35)(H2,31,36,37). The van der Waals surface area contributed by atoms with Crippen molar-refractivity contribution in [1.29, 1.82) is 0 Å². The van der Waals surface area contributed by atoms with E-state index in [2.05, 4.69) is 41.7 Å². The molecule has 0 fully saturated rings. The number of nitrogens with zero attached hydrogens (tertiary/aromatic N) is 2. The molecular formula is C29H29N5O3S2. The van der Waals surface area contributed by atoms with Crippen LogP contribution >= 0.6 is 11.9 Å². The highest BCUT2D eigenvalue weighted by atomic mass is 32.2. The number of anilines is 1. The van der Waals surface area contributed by atoms with Crippen molar-refractivity contribution in [3.05, 3.63) is 132 Å². The molecule has 10 heteroatoms. The fourth-order valence-corrected chi connectivity index (χ4v) is 5.76. The average Bonchev–Trinajstić information content (AvgIpc) is 2.94. The summed E-state index contributed by atoms with van der Waals surface area (Å²) < 4.78 is 27.2. The quantitative estimate of drug-likeness (QED) is 0.122. The molecule has 0 radical (unpaired) electrons. The molecule has 0 heterocycles. The minimum atomic E-state index is -3.89. The zero-order valence-corrected chi connectivity index (χ0v) is 22.9. The number of guanidine groups is 1. The van der Waals surface area contributed by atoms with Crippen molar-refractivity contribution >= 4 is 39.5 Å². The van der Waals surface area contributed by atoms with E-state index in [1.54, 1.807) is 13.1 Å². The smallest absolute Gasteiger partial charge is 0.243 e. The summed E-state index contributed by atoms with van der Waals surface area (Å²) in [6, 6.07) is 36.0. The number of carbonyl (C=O) groups is 1. The van der Waals surface area contributed by atoms with E-state index in [1.807, 2.05) is 54.6 Å². The third-order valence-electron chi connectivity index (χ3n) is 6.04. The van der Waals surface area contributed by atoms with Crippen LogP contribution in [0.2, 0.25) is 0 Å². The summed E-state index contributed by atoms with van der Waals surface area (Å²) in [5.41, 5.74) is 9.75. The van der Waals surface area contributed by atoms with E-state index in [0.29, 0.717) is 5.69 Å². The van der Waals surface area contributed by atoms with E-state index in [4.69, 9.17) is 15.3 Å². The Bertz CT molecular complexity index is 1450. The van der Waals surface area contributed by atoms with Gasteiger partial charge in [-0.3, -0.25) is 4.79 Å². The highest BCUT2D eigenvalue weighted by molar-refractivity contribution is 7.99. The Kier molecular flexibility index (Phi) is 8.70. The molecule has 0 unspecified atom stereocenters. The van der Waals surface area contributed by atoms with Crippen molar-refractivity contribution < 1.29 is 13.2 Å². The molecule has 5 N–H and O–H groups in total. The lowest BCUT2D eigenvalue weighted by Gasteiger charge is -2.33. The van der Waals surface area contributed by atoms with Gasteiger partial charge in [-0.2, -0.15) is 4.40 Å². The largest absolute Gasteiger partial charge is 0.369 e. The van der Waals surface area contributed by atoms with Gasteiger partial charge >= 0.3 is 0 Å². The van der Waals surface area contributed by atoms with Gasteiger partial charge in [0, 0.05) is 12.7 Å². The van der Waals surface area contributed by atoms with Crippen molar-refractivity contribution in [3.63, 3.8) is 0 Å². The summed E-state index contributed by atoms with van der Waals surface area (Å²) in [4.78, 5) is 14.1. The lowest BCUT2D eigenvalue weighted by atomic mass is 9.84. The molecule has 4 aromatic carbocycles. The summed E-state index contributed by atoms with van der Waals surface area (Å²) >= 11 is 1.31. The maximum atomic E-state index is 12.7. The maximum Gasteiger partial charge on any atom is 0.243 e. The Hall–Kier alpha value is -4.12. The third kappa shape index (κ3) is 6.66. The van der Waals surface area contributed by atoms with Crippen LogP contribution in [0.15, 0.2) is 125 Å². The first kappa shape index (κ1) is 27.9. The third-order valence-corrected chi connectivity index (χ3v) is 8.21. The molecule has 0 saturated heterocycles. The first-order chi connectivity index (χ1) is 18.7. The van der Waals surface area contributed by atoms with E-state index in [-0.39, 0.29) is 17.4 Å². The Labute approximate surface area is 232 Å². The molecule has 0 aliphatic heterocycles. The van der Waals surface area contributed by atoms with Gasteiger partial charge in [0.1, 0.15) is 4.75 Å². The van der Waals surface area contributed by atoms with E-state index in [9.17, 15) is 13.2 Å². The summed E-state index contributed by atoms with van der Waals surface area (Å²) in [5, 5.41) is 7.86. The second kappa shape index (κ2) is 12.2. The number of hydrogen-bond acceptors (Lipinski definition) is 5. The fraction of sp³-hybridized carbons (Fsp3) is 0.103. The van der Waals surface area contributed by atoms with Crippen molar-refractivity contribution in [2.75, 3.05) is 18.9 Å².